The molecule has 0 fully saturated rings. The molecule has 0 saturated heterocycles. The number of carbonyl (C=O) groups is 2. The molecule has 0 unspecified atom stereocenters. The van der Waals surface area contributed by atoms with Gasteiger partial charge in [0.25, 0.3) is 21.8 Å². The summed E-state index contributed by atoms with van der Waals surface area (Å²) in [6.45, 7) is 7.58. The monoisotopic (exact) mass is 499 g/mol. The molecule has 3 aromatic rings. The molecule has 0 aliphatic carbocycles. The third-order valence-electron chi connectivity index (χ3n) is 5.67. The number of nitrogens with zero attached hydrogens (tertiary/aromatic N) is 2. The molecule has 2 aromatic carbocycles. The summed E-state index contributed by atoms with van der Waals surface area (Å²) in [5, 5.41) is 9.98. The first-order valence-corrected chi connectivity index (χ1v) is 12.2. The van der Waals surface area contributed by atoms with Gasteiger partial charge in [-0.25, -0.2) is 13.3 Å². The Balaban J connectivity index is 1.76. The fourth-order valence-corrected chi connectivity index (χ4v) is 5.00. The maximum absolute atomic E-state index is 13.3. The third kappa shape index (κ3) is 3.91. The van der Waals surface area contributed by atoms with Crippen LogP contribution < -0.4 is 9.62 Å². The van der Waals surface area contributed by atoms with Crippen LogP contribution in [0.3, 0.4) is 0 Å². The van der Waals surface area contributed by atoms with Gasteiger partial charge >= 0.3 is 0 Å². The van der Waals surface area contributed by atoms with Crippen molar-refractivity contribution in [2.45, 2.75) is 38.0 Å². The summed E-state index contributed by atoms with van der Waals surface area (Å²) in [5.74, 6) is -1.71. The number of anilines is 2. The molecular weight excluding hydrogens is 478 g/mol. The molecule has 2 N–H and O–H groups in total. The van der Waals surface area contributed by atoms with Gasteiger partial charge in [0.15, 0.2) is 0 Å². The van der Waals surface area contributed by atoms with Gasteiger partial charge in [0.1, 0.15) is 5.75 Å². The number of aromatic nitrogens is 1. The molecule has 34 heavy (non-hydrogen) atoms. The third-order valence-corrected chi connectivity index (χ3v) is 7.36. The van der Waals surface area contributed by atoms with E-state index in [0.29, 0.717) is 0 Å². The molecule has 1 aliphatic heterocycles. The van der Waals surface area contributed by atoms with Gasteiger partial charge in [-0.1, -0.05) is 44.5 Å². The summed E-state index contributed by atoms with van der Waals surface area (Å²) < 4.78 is 28.6. The number of benzene rings is 2. The molecule has 4 rings (SSSR count). The van der Waals surface area contributed by atoms with Gasteiger partial charge in [-0.15, -0.1) is 0 Å². The highest BCUT2D eigenvalue weighted by atomic mass is 35.5. The fourth-order valence-electron chi connectivity index (χ4n) is 3.69. The minimum Gasteiger partial charge on any atom is -0.506 e. The smallest absolute Gasteiger partial charge is 0.268 e. The van der Waals surface area contributed by atoms with Crippen molar-refractivity contribution in [2.75, 3.05) is 9.62 Å². The highest BCUT2D eigenvalue weighted by molar-refractivity contribution is 7.92. The minimum atomic E-state index is -4.08. The Morgan fingerprint density at radius 2 is 1.59 bits per heavy atom. The lowest BCUT2D eigenvalue weighted by Crippen LogP contribution is -2.30. The lowest BCUT2D eigenvalue weighted by Gasteiger charge is -2.19. The van der Waals surface area contributed by atoms with Crippen LogP contribution in [0.2, 0.25) is 5.02 Å². The van der Waals surface area contributed by atoms with E-state index in [1.807, 2.05) is 20.8 Å². The van der Waals surface area contributed by atoms with E-state index < -0.39 is 21.8 Å². The molecule has 1 aromatic heterocycles. The Hall–Kier alpha value is -3.43. The number of halogens is 1. The lowest BCUT2D eigenvalue weighted by molar-refractivity contribution is 0.0926. The highest BCUT2D eigenvalue weighted by Crippen LogP contribution is 2.39. The summed E-state index contributed by atoms with van der Waals surface area (Å²) >= 11 is 6.23. The van der Waals surface area contributed by atoms with Gasteiger partial charge in [0.2, 0.25) is 0 Å². The number of rotatable bonds is 4. The van der Waals surface area contributed by atoms with Crippen molar-refractivity contribution in [3.63, 3.8) is 0 Å². The van der Waals surface area contributed by atoms with Crippen molar-refractivity contribution in [2.24, 2.45) is 0 Å². The van der Waals surface area contributed by atoms with Crippen LogP contribution in [0.4, 0.5) is 11.4 Å². The molecule has 0 radical (unpaired) electrons. The summed E-state index contributed by atoms with van der Waals surface area (Å²) in [6, 6.07) is 9.12. The lowest BCUT2D eigenvalue weighted by atomic mass is 9.87. The van der Waals surface area contributed by atoms with Crippen LogP contribution in [0, 0.1) is 6.92 Å². The standard InChI is InChI=1S/C24H22ClN3O5S/c1-13-18(11-26-12-19(13)29)28-22(30)20-16(25)9-10-17(21(20)23(28)31)27-34(32,33)15-7-5-14(6-8-15)24(2,3)4/h5-12,27,29H,1-4H3. The molecule has 10 heteroatoms. The van der Waals surface area contributed by atoms with Gasteiger partial charge in [-0.3, -0.25) is 19.3 Å². The molecule has 0 atom stereocenters. The van der Waals surface area contributed by atoms with Gasteiger partial charge < -0.3 is 5.11 Å². The number of amides is 2. The van der Waals surface area contributed by atoms with E-state index in [0.717, 1.165) is 10.5 Å². The largest absolute Gasteiger partial charge is 0.506 e. The zero-order valence-electron chi connectivity index (χ0n) is 18.9. The van der Waals surface area contributed by atoms with Crippen molar-refractivity contribution >= 4 is 44.8 Å². The maximum atomic E-state index is 13.3. The normalized spacial score (nSPS) is 13.9. The fraction of sp³-hybridized carbons (Fsp3) is 0.208. The van der Waals surface area contributed by atoms with Crippen molar-refractivity contribution in [1.82, 2.24) is 4.98 Å². The maximum Gasteiger partial charge on any atom is 0.268 e. The van der Waals surface area contributed by atoms with E-state index in [9.17, 15) is 23.1 Å². The number of hydrogen-bond donors (Lipinski definition) is 2. The molecule has 1 aliphatic rings. The predicted octanol–water partition coefficient (Wildman–Crippen LogP) is 4.65. The van der Waals surface area contributed by atoms with E-state index >= 15 is 0 Å². The summed E-state index contributed by atoms with van der Waals surface area (Å²) in [6.07, 6.45) is 2.46. The van der Waals surface area contributed by atoms with Gasteiger partial charge in [0, 0.05) is 5.56 Å². The Morgan fingerprint density at radius 3 is 2.21 bits per heavy atom. The van der Waals surface area contributed by atoms with E-state index in [-0.39, 0.29) is 49.1 Å². The zero-order chi connectivity index (χ0) is 25.0. The van der Waals surface area contributed by atoms with Crippen LogP contribution in [0.15, 0.2) is 53.7 Å². The Morgan fingerprint density at radius 1 is 0.971 bits per heavy atom. The Kier molecular flexibility index (Phi) is 5.65. The van der Waals surface area contributed by atoms with Gasteiger partial charge in [0.05, 0.1) is 44.8 Å². The average molecular weight is 500 g/mol. The summed E-state index contributed by atoms with van der Waals surface area (Å²) in [7, 11) is -4.08. The average Bonchev–Trinajstić information content (AvgIpc) is 3.03. The molecule has 0 saturated carbocycles. The minimum absolute atomic E-state index is 0.000839. The number of carbonyl (C=O) groups excluding carboxylic acids is 2. The quantitative estimate of drug-likeness (QED) is 0.505. The summed E-state index contributed by atoms with van der Waals surface area (Å²) in [4.78, 5) is 31.2. The highest BCUT2D eigenvalue weighted by Gasteiger charge is 2.42. The van der Waals surface area contributed by atoms with E-state index in [4.69, 9.17) is 11.6 Å². The van der Waals surface area contributed by atoms with Crippen LogP contribution in [-0.4, -0.2) is 30.3 Å². The number of nitrogens with one attached hydrogen (secondary N) is 1. The van der Waals surface area contributed by atoms with Crippen molar-refractivity contribution in [3.8, 4) is 5.75 Å². The van der Waals surface area contributed by atoms with Crippen LogP contribution in [-0.2, 0) is 15.4 Å². The van der Waals surface area contributed by atoms with Crippen LogP contribution in [0.5, 0.6) is 5.75 Å². The van der Waals surface area contributed by atoms with Gasteiger partial charge in [-0.2, -0.15) is 0 Å². The van der Waals surface area contributed by atoms with Gasteiger partial charge in [-0.05, 0) is 42.2 Å². The second-order valence-electron chi connectivity index (χ2n) is 8.97. The second-order valence-corrected chi connectivity index (χ2v) is 11.1. The first-order chi connectivity index (χ1) is 15.8. The Bertz CT molecular complexity index is 1440. The molecule has 0 spiro atoms. The number of imide groups is 1. The first-order valence-electron chi connectivity index (χ1n) is 10.3. The van der Waals surface area contributed by atoms with Crippen molar-refractivity contribution in [1.29, 1.82) is 0 Å². The van der Waals surface area contributed by atoms with E-state index in [2.05, 4.69) is 9.71 Å². The van der Waals surface area contributed by atoms with Crippen LogP contribution in [0.1, 0.15) is 52.6 Å². The molecule has 2 heterocycles. The Labute approximate surface area is 202 Å². The van der Waals surface area contributed by atoms with Crippen molar-refractivity contribution in [3.05, 3.63) is 76.1 Å². The number of pyridine rings is 1. The second kappa shape index (κ2) is 8.11. The number of hydrogen-bond acceptors (Lipinski definition) is 6. The molecular formula is C24H22ClN3O5S. The molecule has 176 valence electrons. The van der Waals surface area contributed by atoms with Crippen molar-refractivity contribution < 1.29 is 23.1 Å². The molecule has 0 bridgehead atoms. The molecule has 8 nitrogen and oxygen atoms in total. The number of sulfonamides is 1. The molecule has 2 amide bonds. The predicted molar refractivity (Wildman–Crippen MR) is 129 cm³/mol. The van der Waals surface area contributed by atoms with Crippen LogP contribution >= 0.6 is 11.6 Å². The first kappa shape index (κ1) is 23.7. The van der Waals surface area contributed by atoms with Crippen LogP contribution in [0.25, 0.3) is 0 Å². The zero-order valence-corrected chi connectivity index (χ0v) is 20.5. The number of aromatic hydroxyl groups is 1. The SMILES string of the molecule is Cc1c(O)cncc1N1C(=O)c2c(Cl)ccc(NS(=O)(=O)c3ccc(C(C)(C)C)cc3)c2C1=O. The topological polar surface area (TPSA) is 117 Å². The number of fused-ring (bicyclic) bond motifs is 1. The van der Waals surface area contributed by atoms with E-state index in [1.54, 1.807) is 12.1 Å². The summed E-state index contributed by atoms with van der Waals surface area (Å²) in [5.41, 5.74) is 0.779. The van der Waals surface area contributed by atoms with E-state index in [1.165, 1.54) is 43.6 Å².